The molecule has 2 aromatic rings. The van der Waals surface area contributed by atoms with Gasteiger partial charge in [0.1, 0.15) is 17.5 Å². The first kappa shape index (κ1) is 23.2. The largest absolute Gasteiger partial charge is 0.485 e. The van der Waals surface area contributed by atoms with Crippen LogP contribution in [0.25, 0.3) is 0 Å². The Morgan fingerprint density at radius 3 is 2.35 bits per heavy atom. The third-order valence-corrected chi connectivity index (χ3v) is 7.26. The van der Waals surface area contributed by atoms with E-state index in [4.69, 9.17) is 9.84 Å². The maximum absolute atomic E-state index is 13.0. The van der Waals surface area contributed by atoms with Crippen molar-refractivity contribution in [2.75, 3.05) is 13.2 Å². The lowest BCUT2D eigenvalue weighted by Crippen LogP contribution is -2.53. The minimum absolute atomic E-state index is 0.0379. The Morgan fingerprint density at radius 2 is 1.77 bits per heavy atom. The van der Waals surface area contributed by atoms with Gasteiger partial charge < -0.3 is 19.8 Å². The molecule has 2 aliphatic rings. The first-order valence-corrected chi connectivity index (χ1v) is 11.8. The van der Waals surface area contributed by atoms with Gasteiger partial charge in [-0.25, -0.2) is 8.42 Å². The molecule has 2 N–H and O–H groups in total. The zero-order valence-electron chi connectivity index (χ0n) is 18.0. The van der Waals surface area contributed by atoms with Crippen LogP contribution in [0.5, 0.6) is 5.75 Å². The Labute approximate surface area is 183 Å². The second-order valence-electron chi connectivity index (χ2n) is 8.12. The number of benzene rings is 2. The van der Waals surface area contributed by atoms with E-state index in [2.05, 4.69) is 0 Å². The van der Waals surface area contributed by atoms with E-state index in [0.717, 1.165) is 6.42 Å². The summed E-state index contributed by atoms with van der Waals surface area (Å²) in [6.45, 7) is 6.00. The molecule has 0 unspecified atom stereocenters. The lowest BCUT2D eigenvalue weighted by atomic mass is 9.85. The molecule has 0 radical (unpaired) electrons. The second-order valence-corrected chi connectivity index (χ2v) is 10.1. The maximum Gasteiger partial charge on any atom is 0.223 e. The lowest BCUT2D eigenvalue weighted by molar-refractivity contribution is -0.139. The number of fused-ring (bicyclic) bond motifs is 1. The fraction of sp³-hybridized carbons (Fsp3) is 0.435. The average molecular weight is 448 g/mol. The van der Waals surface area contributed by atoms with E-state index in [9.17, 15) is 18.3 Å². The summed E-state index contributed by atoms with van der Waals surface area (Å²) in [6.07, 6.45) is 0.180. The smallest absolute Gasteiger partial charge is 0.223 e. The number of aliphatic hydroxyl groups excluding tert-OH is 2. The normalized spacial score (nSPS) is 22.2. The Morgan fingerprint density at radius 1 is 1.13 bits per heavy atom. The molecule has 0 bridgehead atoms. The molecule has 0 aromatic heterocycles. The molecule has 0 aliphatic carbocycles. The number of carbonyl (C=O) groups is 1. The van der Waals surface area contributed by atoms with Gasteiger partial charge in [-0.2, -0.15) is 0 Å². The molecular formula is C23H29NO6S. The summed E-state index contributed by atoms with van der Waals surface area (Å²) < 4.78 is 32.0. The molecule has 0 saturated carbocycles. The van der Waals surface area contributed by atoms with Crippen LogP contribution in [-0.4, -0.2) is 54.3 Å². The highest BCUT2D eigenvalue weighted by Gasteiger charge is 2.47. The van der Waals surface area contributed by atoms with Gasteiger partial charge in [-0.15, -0.1) is 0 Å². The van der Waals surface area contributed by atoms with Crippen molar-refractivity contribution in [2.45, 2.75) is 61.2 Å². The standard InChI is InChI=1S/C21H23NO5S.C2H6O/c1-21(2)20(24)19(22-12-6-9-18(22)23)16-13-15(10-11-17(16)27-21)28(25,26)14-7-4-3-5-8-14;1-2-3/h3-5,7-8,10-11,13,19-20,24H,6,9,12H2,1-2H3;3H,2H2,1H3/t19-,20+;/m1./s1. The number of carbonyl (C=O) groups excluding carboxylic acids is 1. The van der Waals surface area contributed by atoms with E-state index in [0.29, 0.717) is 24.3 Å². The summed E-state index contributed by atoms with van der Waals surface area (Å²) in [6, 6.07) is 12.2. The maximum atomic E-state index is 13.0. The van der Waals surface area contributed by atoms with Crippen LogP contribution in [0.4, 0.5) is 0 Å². The number of sulfone groups is 1. The van der Waals surface area contributed by atoms with E-state index in [1.54, 1.807) is 62.1 Å². The fourth-order valence-corrected chi connectivity index (χ4v) is 5.27. The third kappa shape index (κ3) is 4.46. The van der Waals surface area contributed by atoms with Crippen molar-refractivity contribution < 1.29 is 28.2 Å². The predicted octanol–water partition coefficient (Wildman–Crippen LogP) is 2.71. The molecule has 4 rings (SSSR count). The molecule has 1 fully saturated rings. The van der Waals surface area contributed by atoms with Crippen LogP contribution in [0.15, 0.2) is 58.3 Å². The number of rotatable bonds is 3. The van der Waals surface area contributed by atoms with Crippen molar-refractivity contribution in [2.24, 2.45) is 0 Å². The molecular weight excluding hydrogens is 418 g/mol. The molecule has 7 nitrogen and oxygen atoms in total. The highest BCUT2D eigenvalue weighted by Crippen LogP contribution is 2.45. The Bertz CT molecular complexity index is 1040. The van der Waals surface area contributed by atoms with Gasteiger partial charge in [0, 0.05) is 25.1 Å². The average Bonchev–Trinajstić information content (AvgIpc) is 3.15. The zero-order chi connectivity index (χ0) is 22.8. The molecule has 168 valence electrons. The number of likely N-dealkylation sites (tertiary alicyclic amines) is 1. The van der Waals surface area contributed by atoms with Crippen LogP contribution in [0.1, 0.15) is 45.2 Å². The molecule has 2 atom stereocenters. The predicted molar refractivity (Wildman–Crippen MR) is 115 cm³/mol. The Balaban J connectivity index is 0.000000858. The summed E-state index contributed by atoms with van der Waals surface area (Å²) in [7, 11) is -3.72. The number of nitrogens with zero attached hydrogens (tertiary/aromatic N) is 1. The summed E-state index contributed by atoms with van der Waals surface area (Å²) in [5, 5.41) is 18.5. The summed E-state index contributed by atoms with van der Waals surface area (Å²) in [5.41, 5.74) is -0.375. The number of amides is 1. The Kier molecular flexibility index (Phi) is 6.73. The molecule has 31 heavy (non-hydrogen) atoms. The quantitative estimate of drug-likeness (QED) is 0.750. The monoisotopic (exact) mass is 447 g/mol. The first-order chi connectivity index (χ1) is 14.6. The molecule has 1 saturated heterocycles. The summed E-state index contributed by atoms with van der Waals surface area (Å²) >= 11 is 0. The lowest BCUT2D eigenvalue weighted by Gasteiger charge is -2.45. The van der Waals surface area contributed by atoms with Crippen molar-refractivity contribution >= 4 is 15.7 Å². The SMILES string of the molecule is CC1(C)Oc2ccc(S(=O)(=O)c3ccccc3)cc2[C@@H](N2CCCC2=O)[C@@H]1O.CCO. The van der Waals surface area contributed by atoms with Crippen LogP contribution >= 0.6 is 0 Å². The van der Waals surface area contributed by atoms with Crippen LogP contribution < -0.4 is 4.74 Å². The second kappa shape index (κ2) is 8.98. The van der Waals surface area contributed by atoms with E-state index < -0.39 is 27.6 Å². The van der Waals surface area contributed by atoms with Gasteiger partial charge in [0.2, 0.25) is 15.7 Å². The first-order valence-electron chi connectivity index (χ1n) is 10.3. The van der Waals surface area contributed by atoms with Gasteiger partial charge in [0.15, 0.2) is 0 Å². The molecule has 2 heterocycles. The number of hydrogen-bond donors (Lipinski definition) is 2. The Hall–Kier alpha value is -2.42. The molecule has 1 amide bonds. The van der Waals surface area contributed by atoms with E-state index in [-0.39, 0.29) is 22.3 Å². The van der Waals surface area contributed by atoms with Gasteiger partial charge in [-0.1, -0.05) is 18.2 Å². The minimum Gasteiger partial charge on any atom is -0.485 e. The molecule has 2 aromatic carbocycles. The molecule has 0 spiro atoms. The van der Waals surface area contributed by atoms with Gasteiger partial charge in [-0.3, -0.25) is 4.79 Å². The molecule has 8 heteroatoms. The van der Waals surface area contributed by atoms with Crippen molar-refractivity contribution in [3.8, 4) is 5.75 Å². The zero-order valence-corrected chi connectivity index (χ0v) is 18.8. The fourth-order valence-electron chi connectivity index (χ4n) is 3.95. The van der Waals surface area contributed by atoms with E-state index >= 15 is 0 Å². The molecule has 2 aliphatic heterocycles. The van der Waals surface area contributed by atoms with Gasteiger partial charge >= 0.3 is 0 Å². The highest BCUT2D eigenvalue weighted by molar-refractivity contribution is 7.91. The van der Waals surface area contributed by atoms with Crippen LogP contribution in [-0.2, 0) is 14.6 Å². The van der Waals surface area contributed by atoms with Gasteiger partial charge in [0.05, 0.1) is 15.8 Å². The van der Waals surface area contributed by atoms with Gasteiger partial charge in [-0.05, 0) is 57.5 Å². The van der Waals surface area contributed by atoms with Crippen molar-refractivity contribution in [3.63, 3.8) is 0 Å². The number of aliphatic hydroxyl groups is 2. The third-order valence-electron chi connectivity index (χ3n) is 5.49. The van der Waals surface area contributed by atoms with E-state index in [1.807, 2.05) is 0 Å². The summed E-state index contributed by atoms with van der Waals surface area (Å²) in [4.78, 5) is 14.4. The van der Waals surface area contributed by atoms with Crippen molar-refractivity contribution in [1.82, 2.24) is 4.90 Å². The van der Waals surface area contributed by atoms with Crippen LogP contribution in [0.2, 0.25) is 0 Å². The highest BCUT2D eigenvalue weighted by atomic mass is 32.2. The number of ether oxygens (including phenoxy) is 1. The minimum atomic E-state index is -3.72. The number of hydrogen-bond acceptors (Lipinski definition) is 6. The van der Waals surface area contributed by atoms with Crippen LogP contribution in [0.3, 0.4) is 0 Å². The summed E-state index contributed by atoms with van der Waals surface area (Å²) in [5.74, 6) is 0.455. The van der Waals surface area contributed by atoms with Crippen molar-refractivity contribution in [3.05, 3.63) is 54.1 Å². The van der Waals surface area contributed by atoms with Crippen molar-refractivity contribution in [1.29, 1.82) is 0 Å². The topological polar surface area (TPSA) is 104 Å². The van der Waals surface area contributed by atoms with Gasteiger partial charge in [0.25, 0.3) is 0 Å². The van der Waals surface area contributed by atoms with Crippen LogP contribution in [0, 0.1) is 0 Å². The van der Waals surface area contributed by atoms with E-state index in [1.165, 1.54) is 12.1 Å².